The SMILES string of the molecule is COc1cccc(NCC(=O)c2cccc([N+](=O)[O-])c2)c1. The number of rotatable bonds is 6. The Morgan fingerprint density at radius 1 is 1.24 bits per heavy atom. The maximum Gasteiger partial charge on any atom is 0.270 e. The summed E-state index contributed by atoms with van der Waals surface area (Å²) >= 11 is 0. The lowest BCUT2D eigenvalue weighted by atomic mass is 10.1. The molecule has 0 aliphatic rings. The highest BCUT2D eigenvalue weighted by Crippen LogP contribution is 2.17. The van der Waals surface area contributed by atoms with E-state index in [9.17, 15) is 14.9 Å². The van der Waals surface area contributed by atoms with E-state index >= 15 is 0 Å². The first kappa shape index (κ1) is 14.5. The van der Waals surface area contributed by atoms with Crippen molar-refractivity contribution in [2.45, 2.75) is 0 Å². The van der Waals surface area contributed by atoms with E-state index in [0.29, 0.717) is 11.3 Å². The molecule has 2 aromatic rings. The van der Waals surface area contributed by atoms with Gasteiger partial charge in [-0.15, -0.1) is 0 Å². The molecule has 0 spiro atoms. The molecule has 0 saturated heterocycles. The molecule has 0 atom stereocenters. The van der Waals surface area contributed by atoms with Crippen molar-refractivity contribution >= 4 is 17.2 Å². The van der Waals surface area contributed by atoms with Crippen molar-refractivity contribution < 1.29 is 14.5 Å². The van der Waals surface area contributed by atoms with Gasteiger partial charge in [0.25, 0.3) is 5.69 Å². The summed E-state index contributed by atoms with van der Waals surface area (Å²) in [7, 11) is 1.56. The first-order chi connectivity index (χ1) is 10.1. The summed E-state index contributed by atoms with van der Waals surface area (Å²) in [6, 6.07) is 12.9. The van der Waals surface area contributed by atoms with Gasteiger partial charge in [0.1, 0.15) is 5.75 Å². The minimum absolute atomic E-state index is 0.0499. The fourth-order valence-corrected chi connectivity index (χ4v) is 1.81. The molecule has 21 heavy (non-hydrogen) atoms. The van der Waals surface area contributed by atoms with Gasteiger partial charge in [-0.1, -0.05) is 18.2 Å². The molecular weight excluding hydrogens is 272 g/mol. The van der Waals surface area contributed by atoms with Gasteiger partial charge in [0.15, 0.2) is 5.78 Å². The van der Waals surface area contributed by atoms with Crippen LogP contribution in [0.5, 0.6) is 5.75 Å². The number of carbonyl (C=O) groups is 1. The molecule has 1 N–H and O–H groups in total. The maximum atomic E-state index is 12.0. The van der Waals surface area contributed by atoms with E-state index in [1.54, 1.807) is 31.4 Å². The molecule has 0 heterocycles. The number of nitrogens with zero attached hydrogens (tertiary/aromatic N) is 1. The molecule has 0 aliphatic carbocycles. The number of nitro groups is 1. The monoisotopic (exact) mass is 286 g/mol. The Labute approximate surface area is 121 Å². The van der Waals surface area contributed by atoms with Crippen molar-refractivity contribution in [2.75, 3.05) is 19.0 Å². The molecule has 0 amide bonds. The average Bonchev–Trinajstić information content (AvgIpc) is 2.53. The number of Topliss-reactive ketones (excluding diaryl/α,β-unsaturated/α-hetero) is 1. The third-order valence-electron chi connectivity index (χ3n) is 2.90. The lowest BCUT2D eigenvalue weighted by Gasteiger charge is -2.07. The second kappa shape index (κ2) is 6.51. The van der Waals surface area contributed by atoms with Crippen molar-refractivity contribution in [3.63, 3.8) is 0 Å². The third kappa shape index (κ3) is 3.79. The fraction of sp³-hybridized carbons (Fsp3) is 0.133. The van der Waals surface area contributed by atoms with Crippen LogP contribution in [0.4, 0.5) is 11.4 Å². The lowest BCUT2D eigenvalue weighted by molar-refractivity contribution is -0.384. The summed E-state index contributed by atoms with van der Waals surface area (Å²) in [6.45, 7) is 0.0499. The standard InChI is InChI=1S/C15H14N2O4/c1-21-14-7-3-5-12(9-14)16-10-15(18)11-4-2-6-13(8-11)17(19)20/h2-9,16H,10H2,1H3. The Morgan fingerprint density at radius 2 is 2.00 bits per heavy atom. The van der Waals surface area contributed by atoms with Crippen LogP contribution in [-0.4, -0.2) is 24.4 Å². The minimum Gasteiger partial charge on any atom is -0.497 e. The summed E-state index contributed by atoms with van der Waals surface area (Å²) < 4.78 is 5.09. The minimum atomic E-state index is -0.522. The van der Waals surface area contributed by atoms with Crippen LogP contribution in [0.3, 0.4) is 0 Å². The van der Waals surface area contributed by atoms with Gasteiger partial charge in [0.2, 0.25) is 0 Å². The van der Waals surface area contributed by atoms with Gasteiger partial charge in [0.05, 0.1) is 18.6 Å². The van der Waals surface area contributed by atoms with Crippen LogP contribution in [0.2, 0.25) is 0 Å². The number of ketones is 1. The molecule has 0 bridgehead atoms. The predicted octanol–water partition coefficient (Wildman–Crippen LogP) is 2.90. The van der Waals surface area contributed by atoms with Crippen LogP contribution in [-0.2, 0) is 0 Å². The van der Waals surface area contributed by atoms with Gasteiger partial charge in [0, 0.05) is 29.4 Å². The molecule has 0 fully saturated rings. The zero-order valence-electron chi connectivity index (χ0n) is 11.4. The molecule has 0 unspecified atom stereocenters. The molecule has 2 rings (SSSR count). The third-order valence-corrected chi connectivity index (χ3v) is 2.90. The van der Waals surface area contributed by atoms with Crippen LogP contribution in [0.25, 0.3) is 0 Å². The Kier molecular flexibility index (Phi) is 4.50. The van der Waals surface area contributed by atoms with Crippen LogP contribution in [0.15, 0.2) is 48.5 Å². The number of benzene rings is 2. The van der Waals surface area contributed by atoms with E-state index in [1.807, 2.05) is 6.07 Å². The van der Waals surface area contributed by atoms with Gasteiger partial charge in [-0.3, -0.25) is 14.9 Å². The first-order valence-electron chi connectivity index (χ1n) is 6.26. The van der Waals surface area contributed by atoms with Crippen molar-refractivity contribution in [2.24, 2.45) is 0 Å². The van der Waals surface area contributed by atoms with Gasteiger partial charge < -0.3 is 10.1 Å². The Balaban J connectivity index is 2.04. The van der Waals surface area contributed by atoms with Crippen molar-refractivity contribution in [3.05, 3.63) is 64.2 Å². The molecule has 0 saturated carbocycles. The average molecular weight is 286 g/mol. The number of hydrogen-bond donors (Lipinski definition) is 1. The predicted molar refractivity (Wildman–Crippen MR) is 78.9 cm³/mol. The van der Waals surface area contributed by atoms with E-state index in [0.717, 1.165) is 5.69 Å². The highest BCUT2D eigenvalue weighted by atomic mass is 16.6. The maximum absolute atomic E-state index is 12.0. The number of carbonyl (C=O) groups excluding carboxylic acids is 1. The summed E-state index contributed by atoms with van der Waals surface area (Å²) in [6.07, 6.45) is 0. The summed E-state index contributed by atoms with van der Waals surface area (Å²) in [5.74, 6) is 0.462. The smallest absolute Gasteiger partial charge is 0.270 e. The van der Waals surface area contributed by atoms with Crippen LogP contribution in [0.1, 0.15) is 10.4 Å². The van der Waals surface area contributed by atoms with Gasteiger partial charge in [-0.05, 0) is 12.1 Å². The van der Waals surface area contributed by atoms with E-state index in [1.165, 1.54) is 18.2 Å². The van der Waals surface area contributed by atoms with E-state index in [4.69, 9.17) is 4.74 Å². The molecule has 108 valence electrons. The Bertz CT molecular complexity index is 670. The number of non-ortho nitro benzene ring substituents is 1. The number of hydrogen-bond acceptors (Lipinski definition) is 5. The van der Waals surface area contributed by atoms with Crippen molar-refractivity contribution in [1.82, 2.24) is 0 Å². The van der Waals surface area contributed by atoms with Crippen LogP contribution in [0, 0.1) is 10.1 Å². The number of anilines is 1. The van der Waals surface area contributed by atoms with Gasteiger partial charge in [-0.25, -0.2) is 0 Å². The number of nitrogens with one attached hydrogen (secondary N) is 1. The van der Waals surface area contributed by atoms with Crippen LogP contribution < -0.4 is 10.1 Å². The Hall–Kier alpha value is -2.89. The molecule has 6 heteroatoms. The zero-order chi connectivity index (χ0) is 15.2. The van der Waals surface area contributed by atoms with Crippen molar-refractivity contribution in [3.8, 4) is 5.75 Å². The van der Waals surface area contributed by atoms with Gasteiger partial charge in [-0.2, -0.15) is 0 Å². The molecule has 6 nitrogen and oxygen atoms in total. The normalized spacial score (nSPS) is 9.95. The molecule has 0 aliphatic heterocycles. The number of nitro benzene ring substituents is 1. The molecule has 0 radical (unpaired) electrons. The fourth-order valence-electron chi connectivity index (χ4n) is 1.81. The first-order valence-corrected chi connectivity index (χ1v) is 6.26. The lowest BCUT2D eigenvalue weighted by Crippen LogP contribution is -2.14. The van der Waals surface area contributed by atoms with E-state index in [2.05, 4.69) is 5.32 Å². The van der Waals surface area contributed by atoms with Crippen molar-refractivity contribution in [1.29, 1.82) is 0 Å². The van der Waals surface area contributed by atoms with Crippen LogP contribution >= 0.6 is 0 Å². The Morgan fingerprint density at radius 3 is 2.71 bits per heavy atom. The largest absolute Gasteiger partial charge is 0.497 e. The second-order valence-corrected chi connectivity index (χ2v) is 4.32. The molecular formula is C15H14N2O4. The molecule has 0 aromatic heterocycles. The zero-order valence-corrected chi connectivity index (χ0v) is 11.4. The second-order valence-electron chi connectivity index (χ2n) is 4.32. The van der Waals surface area contributed by atoms with Gasteiger partial charge >= 0.3 is 0 Å². The topological polar surface area (TPSA) is 81.5 Å². The molecule has 2 aromatic carbocycles. The summed E-state index contributed by atoms with van der Waals surface area (Å²) in [5, 5.41) is 13.7. The number of ether oxygens (including phenoxy) is 1. The van der Waals surface area contributed by atoms with E-state index in [-0.39, 0.29) is 18.0 Å². The highest BCUT2D eigenvalue weighted by molar-refractivity contribution is 5.99. The quantitative estimate of drug-likeness (QED) is 0.501. The van der Waals surface area contributed by atoms with E-state index < -0.39 is 4.92 Å². The summed E-state index contributed by atoms with van der Waals surface area (Å²) in [5.41, 5.74) is 0.954. The summed E-state index contributed by atoms with van der Waals surface area (Å²) in [4.78, 5) is 22.2. The highest BCUT2D eigenvalue weighted by Gasteiger charge is 2.11. The number of methoxy groups -OCH3 is 1.